The third kappa shape index (κ3) is 5.80. The summed E-state index contributed by atoms with van der Waals surface area (Å²) in [5.41, 5.74) is 2.51. The highest BCUT2D eigenvalue weighted by molar-refractivity contribution is 8.00. The lowest BCUT2D eigenvalue weighted by molar-refractivity contribution is -0.138. The fourth-order valence-electron chi connectivity index (χ4n) is 4.77. The number of carbonyl (C=O) groups is 3. The van der Waals surface area contributed by atoms with Gasteiger partial charge in [0.05, 0.1) is 11.3 Å². The van der Waals surface area contributed by atoms with Crippen molar-refractivity contribution >= 4 is 29.4 Å². The van der Waals surface area contributed by atoms with Crippen LogP contribution in [0.15, 0.2) is 91.0 Å². The van der Waals surface area contributed by atoms with Gasteiger partial charge in [0.2, 0.25) is 11.8 Å². The molecule has 1 fully saturated rings. The quantitative estimate of drug-likeness (QED) is 0.350. The van der Waals surface area contributed by atoms with Crippen molar-refractivity contribution in [2.75, 3.05) is 12.3 Å². The lowest BCUT2D eigenvalue weighted by Crippen LogP contribution is -2.64. The molecule has 2 N–H and O–H groups in total. The minimum atomic E-state index is -0.916. The standard InChI is InChI=1S/C31H34N2O3S/c1-23(28(35)33-30(19-12-20-30)29(36)32-21-24(2)34)22-37-31(25-13-6-3-7-14-25,26-15-8-4-9-16-26)27-17-10-5-11-18-27/h3-11,13-18,23H,12,19-22H2,1-2H3,(H,32,36)(H,33,35)/t23-/m1/s1. The normalized spacial score (nSPS) is 15.2. The van der Waals surface area contributed by atoms with Crippen LogP contribution in [0.2, 0.25) is 0 Å². The summed E-state index contributed by atoms with van der Waals surface area (Å²) >= 11 is 1.73. The molecule has 0 bridgehead atoms. The van der Waals surface area contributed by atoms with Crippen molar-refractivity contribution in [3.63, 3.8) is 0 Å². The summed E-state index contributed by atoms with van der Waals surface area (Å²) in [6.45, 7) is 3.33. The zero-order chi connectivity index (χ0) is 26.3. The van der Waals surface area contributed by atoms with Gasteiger partial charge >= 0.3 is 0 Å². The number of nitrogens with one attached hydrogen (secondary N) is 2. The Morgan fingerprint density at radius 3 is 1.68 bits per heavy atom. The number of hydrogen-bond donors (Lipinski definition) is 2. The van der Waals surface area contributed by atoms with E-state index in [0.29, 0.717) is 18.6 Å². The van der Waals surface area contributed by atoms with Crippen molar-refractivity contribution < 1.29 is 14.4 Å². The third-order valence-electron chi connectivity index (χ3n) is 7.04. The second-order valence-corrected chi connectivity index (χ2v) is 11.0. The first-order valence-electron chi connectivity index (χ1n) is 12.8. The van der Waals surface area contributed by atoms with Gasteiger partial charge in [-0.15, -0.1) is 11.8 Å². The topological polar surface area (TPSA) is 75.3 Å². The monoisotopic (exact) mass is 514 g/mol. The molecule has 0 spiro atoms. The molecule has 37 heavy (non-hydrogen) atoms. The van der Waals surface area contributed by atoms with E-state index in [0.717, 1.165) is 23.1 Å². The van der Waals surface area contributed by atoms with Crippen molar-refractivity contribution in [3.05, 3.63) is 108 Å². The molecule has 3 aromatic rings. The van der Waals surface area contributed by atoms with E-state index in [-0.39, 0.29) is 30.1 Å². The van der Waals surface area contributed by atoms with Gasteiger partial charge in [0.1, 0.15) is 11.3 Å². The SMILES string of the molecule is CC(=O)CNC(=O)C1(NC(=O)[C@H](C)CSC(c2ccccc2)(c2ccccc2)c2ccccc2)CCC1. The molecule has 4 rings (SSSR count). The molecule has 1 atom stereocenters. The highest BCUT2D eigenvalue weighted by Crippen LogP contribution is 2.49. The number of rotatable bonds is 11. The van der Waals surface area contributed by atoms with Crippen LogP contribution in [0.25, 0.3) is 0 Å². The van der Waals surface area contributed by atoms with Crippen LogP contribution >= 0.6 is 11.8 Å². The molecular formula is C31H34N2O3S. The Morgan fingerprint density at radius 2 is 1.30 bits per heavy atom. The van der Waals surface area contributed by atoms with Gasteiger partial charge in [-0.25, -0.2) is 0 Å². The van der Waals surface area contributed by atoms with Crippen LogP contribution in [0.1, 0.15) is 49.8 Å². The van der Waals surface area contributed by atoms with Gasteiger partial charge < -0.3 is 10.6 Å². The molecule has 0 saturated heterocycles. The van der Waals surface area contributed by atoms with Crippen molar-refractivity contribution in [2.24, 2.45) is 5.92 Å². The van der Waals surface area contributed by atoms with Gasteiger partial charge in [0.25, 0.3) is 0 Å². The lowest BCUT2D eigenvalue weighted by Gasteiger charge is -2.41. The Labute approximate surface area is 223 Å². The molecule has 0 aliphatic heterocycles. The van der Waals surface area contributed by atoms with Crippen molar-refractivity contribution in [2.45, 2.75) is 43.4 Å². The molecular weight excluding hydrogens is 480 g/mol. The number of amides is 2. The molecule has 0 aromatic heterocycles. The summed E-state index contributed by atoms with van der Waals surface area (Å²) in [6, 6.07) is 31.2. The largest absolute Gasteiger partial charge is 0.347 e. The average Bonchev–Trinajstić information content (AvgIpc) is 2.91. The molecule has 2 amide bonds. The van der Waals surface area contributed by atoms with E-state index in [1.807, 2.05) is 61.5 Å². The molecule has 0 radical (unpaired) electrons. The zero-order valence-electron chi connectivity index (χ0n) is 21.4. The maximum Gasteiger partial charge on any atom is 0.246 e. The second kappa shape index (κ2) is 11.8. The van der Waals surface area contributed by atoms with Crippen molar-refractivity contribution in [3.8, 4) is 0 Å². The minimum Gasteiger partial charge on any atom is -0.347 e. The van der Waals surface area contributed by atoms with Crippen molar-refractivity contribution in [1.82, 2.24) is 10.6 Å². The molecule has 192 valence electrons. The third-order valence-corrected chi connectivity index (χ3v) is 8.85. The van der Waals surface area contributed by atoms with Crippen molar-refractivity contribution in [1.29, 1.82) is 0 Å². The first kappa shape index (κ1) is 26.7. The Hall–Kier alpha value is -3.38. The van der Waals surface area contributed by atoms with Crippen LogP contribution in [0.4, 0.5) is 0 Å². The highest BCUT2D eigenvalue weighted by Gasteiger charge is 2.46. The van der Waals surface area contributed by atoms with Gasteiger partial charge in [0.15, 0.2) is 0 Å². The number of ketones is 1. The maximum absolute atomic E-state index is 13.3. The smallest absolute Gasteiger partial charge is 0.246 e. The van der Waals surface area contributed by atoms with Crippen LogP contribution in [0.3, 0.4) is 0 Å². The minimum absolute atomic E-state index is 0.0182. The van der Waals surface area contributed by atoms with E-state index < -0.39 is 10.3 Å². The summed E-state index contributed by atoms with van der Waals surface area (Å²) in [5, 5.41) is 5.71. The molecule has 1 aliphatic carbocycles. The Bertz CT molecular complexity index is 1110. The average molecular weight is 515 g/mol. The fraction of sp³-hybridized carbons (Fsp3) is 0.323. The van der Waals surface area contributed by atoms with Gasteiger partial charge in [-0.3, -0.25) is 14.4 Å². The van der Waals surface area contributed by atoms with Crippen LogP contribution in [0, 0.1) is 5.92 Å². The Kier molecular flexibility index (Phi) is 8.49. The Balaban J connectivity index is 1.59. The molecule has 5 nitrogen and oxygen atoms in total. The first-order chi connectivity index (χ1) is 17.9. The predicted octanol–water partition coefficient (Wildman–Crippen LogP) is 5.09. The maximum atomic E-state index is 13.3. The van der Waals surface area contributed by atoms with E-state index >= 15 is 0 Å². The molecule has 0 unspecified atom stereocenters. The summed E-state index contributed by atoms with van der Waals surface area (Å²) in [7, 11) is 0. The summed E-state index contributed by atoms with van der Waals surface area (Å²) in [4.78, 5) is 37.5. The zero-order valence-corrected chi connectivity index (χ0v) is 22.2. The van der Waals surface area contributed by atoms with E-state index in [2.05, 4.69) is 47.0 Å². The highest BCUT2D eigenvalue weighted by atomic mass is 32.2. The van der Waals surface area contributed by atoms with Crippen LogP contribution in [0.5, 0.6) is 0 Å². The summed E-state index contributed by atoms with van der Waals surface area (Å²) in [5.74, 6) is -0.311. The van der Waals surface area contributed by atoms with Crippen LogP contribution in [-0.2, 0) is 19.1 Å². The van der Waals surface area contributed by atoms with Gasteiger partial charge in [-0.05, 0) is 42.9 Å². The summed E-state index contributed by atoms with van der Waals surface area (Å²) in [6.07, 6.45) is 2.05. The molecule has 3 aromatic carbocycles. The number of thioether (sulfide) groups is 1. The fourth-order valence-corrected chi connectivity index (χ4v) is 6.33. The van der Waals surface area contributed by atoms with E-state index in [1.54, 1.807) is 11.8 Å². The molecule has 1 saturated carbocycles. The van der Waals surface area contributed by atoms with E-state index in [4.69, 9.17) is 0 Å². The van der Waals surface area contributed by atoms with Gasteiger partial charge in [-0.2, -0.15) is 0 Å². The van der Waals surface area contributed by atoms with Gasteiger partial charge in [0, 0.05) is 11.7 Å². The van der Waals surface area contributed by atoms with Crippen LogP contribution in [-0.4, -0.2) is 35.4 Å². The number of Topliss-reactive ketones (excluding diaryl/α,β-unsaturated/α-hetero) is 1. The number of benzene rings is 3. The first-order valence-corrected chi connectivity index (χ1v) is 13.8. The van der Waals surface area contributed by atoms with E-state index in [1.165, 1.54) is 6.92 Å². The van der Waals surface area contributed by atoms with Gasteiger partial charge in [-0.1, -0.05) is 97.9 Å². The molecule has 1 aliphatic rings. The van der Waals surface area contributed by atoms with E-state index in [9.17, 15) is 14.4 Å². The lowest BCUT2D eigenvalue weighted by atomic mass is 9.75. The molecule has 0 heterocycles. The van der Waals surface area contributed by atoms with Crippen LogP contribution < -0.4 is 10.6 Å². The number of carbonyl (C=O) groups excluding carboxylic acids is 3. The number of hydrogen-bond acceptors (Lipinski definition) is 4. The predicted molar refractivity (Wildman–Crippen MR) is 149 cm³/mol. The second-order valence-electron chi connectivity index (χ2n) is 9.80. The Morgan fingerprint density at radius 1 is 0.838 bits per heavy atom. The molecule has 6 heteroatoms. The summed E-state index contributed by atoms with van der Waals surface area (Å²) < 4.78 is -0.509.